The van der Waals surface area contributed by atoms with Crippen LogP contribution in [0.25, 0.3) is 0 Å². The summed E-state index contributed by atoms with van der Waals surface area (Å²) in [5, 5.41) is 2.94. The van der Waals surface area contributed by atoms with E-state index in [1.807, 2.05) is 79.4 Å². The molecule has 1 aliphatic rings. The molecule has 0 fully saturated rings. The van der Waals surface area contributed by atoms with Gasteiger partial charge in [0.2, 0.25) is 0 Å². The van der Waals surface area contributed by atoms with Crippen LogP contribution in [0, 0.1) is 6.92 Å². The Balaban J connectivity index is 1.56. The second-order valence-electron chi connectivity index (χ2n) is 7.65. The number of carbonyl (C=O) groups is 2. The van der Waals surface area contributed by atoms with Crippen molar-refractivity contribution in [3.05, 3.63) is 89.0 Å². The van der Waals surface area contributed by atoms with Crippen molar-refractivity contribution in [2.24, 2.45) is 0 Å². The van der Waals surface area contributed by atoms with E-state index in [1.54, 1.807) is 6.07 Å². The molecule has 1 heterocycles. The van der Waals surface area contributed by atoms with Gasteiger partial charge in [-0.25, -0.2) is 0 Å². The zero-order valence-corrected chi connectivity index (χ0v) is 17.9. The topological polar surface area (TPSA) is 58.6 Å². The number of ether oxygens (including phenoxy) is 1. The molecule has 1 N–H and O–H groups in total. The Kier molecular flexibility index (Phi) is 6.03. The van der Waals surface area contributed by atoms with Crippen LogP contribution in [-0.2, 0) is 6.42 Å². The minimum Gasteiger partial charge on any atom is -0.492 e. The number of rotatable bonds is 5. The molecule has 31 heavy (non-hydrogen) atoms. The van der Waals surface area contributed by atoms with Crippen molar-refractivity contribution in [3.63, 3.8) is 0 Å². The molecule has 0 atom stereocenters. The zero-order valence-electron chi connectivity index (χ0n) is 17.9. The van der Waals surface area contributed by atoms with Gasteiger partial charge in [0, 0.05) is 23.4 Å². The minimum absolute atomic E-state index is 0.0104. The fraction of sp³-hybridized carbons (Fsp3) is 0.231. The Morgan fingerprint density at radius 2 is 1.74 bits per heavy atom. The molecule has 3 aromatic rings. The molecule has 2 amide bonds. The van der Waals surface area contributed by atoms with Crippen molar-refractivity contribution in [3.8, 4) is 5.75 Å². The van der Waals surface area contributed by atoms with Crippen molar-refractivity contribution >= 4 is 23.2 Å². The van der Waals surface area contributed by atoms with E-state index in [2.05, 4.69) is 5.32 Å². The van der Waals surface area contributed by atoms with E-state index < -0.39 is 0 Å². The van der Waals surface area contributed by atoms with E-state index in [4.69, 9.17) is 4.74 Å². The molecule has 0 aliphatic carbocycles. The van der Waals surface area contributed by atoms with E-state index in [9.17, 15) is 9.59 Å². The molecule has 3 aromatic carbocycles. The highest BCUT2D eigenvalue weighted by Gasteiger charge is 2.24. The second kappa shape index (κ2) is 9.04. The molecule has 0 spiro atoms. The number of aryl methyl sites for hydroxylation is 2. The summed E-state index contributed by atoms with van der Waals surface area (Å²) < 4.78 is 5.60. The first-order valence-corrected chi connectivity index (χ1v) is 10.6. The summed E-state index contributed by atoms with van der Waals surface area (Å²) in [5.74, 6) is 0.437. The molecule has 1 aliphatic heterocycles. The summed E-state index contributed by atoms with van der Waals surface area (Å²) in [5.41, 5.74) is 4.89. The number of benzene rings is 3. The highest BCUT2D eigenvalue weighted by molar-refractivity contribution is 6.08. The lowest BCUT2D eigenvalue weighted by atomic mass is 9.98. The number of anilines is 2. The van der Waals surface area contributed by atoms with Crippen LogP contribution in [0.3, 0.4) is 0 Å². The standard InChI is InChI=1S/C26H26N2O3/c1-3-31-24-9-5-4-8-22(24)27-25(29)21-14-15-23-20(17-21)7-6-16-28(23)26(30)19-12-10-18(2)11-13-19/h4-5,8-15,17H,3,6-7,16H2,1-2H3,(H,27,29). The summed E-state index contributed by atoms with van der Waals surface area (Å²) in [4.78, 5) is 27.8. The smallest absolute Gasteiger partial charge is 0.258 e. The van der Waals surface area contributed by atoms with Gasteiger partial charge in [0.05, 0.1) is 12.3 Å². The van der Waals surface area contributed by atoms with Gasteiger partial charge in [0.25, 0.3) is 11.8 Å². The first kappa shape index (κ1) is 20.7. The molecule has 158 valence electrons. The van der Waals surface area contributed by atoms with E-state index in [0.29, 0.717) is 35.7 Å². The Bertz CT molecular complexity index is 1110. The number of fused-ring (bicyclic) bond motifs is 1. The van der Waals surface area contributed by atoms with Crippen molar-refractivity contribution in [2.75, 3.05) is 23.4 Å². The highest BCUT2D eigenvalue weighted by Crippen LogP contribution is 2.30. The van der Waals surface area contributed by atoms with Crippen molar-refractivity contribution in [2.45, 2.75) is 26.7 Å². The lowest BCUT2D eigenvalue weighted by molar-refractivity contribution is 0.0984. The Labute approximate surface area is 182 Å². The molecule has 0 aromatic heterocycles. The highest BCUT2D eigenvalue weighted by atomic mass is 16.5. The molecular formula is C26H26N2O3. The monoisotopic (exact) mass is 414 g/mol. The van der Waals surface area contributed by atoms with E-state index in [1.165, 1.54) is 0 Å². The predicted octanol–water partition coefficient (Wildman–Crippen LogP) is 5.24. The predicted molar refractivity (Wildman–Crippen MR) is 123 cm³/mol. The molecule has 0 saturated carbocycles. The van der Waals surface area contributed by atoms with Crippen LogP contribution in [0.4, 0.5) is 11.4 Å². The maximum absolute atomic E-state index is 13.1. The number of carbonyl (C=O) groups excluding carboxylic acids is 2. The molecule has 0 bridgehead atoms. The van der Waals surface area contributed by atoms with Crippen LogP contribution >= 0.6 is 0 Å². The van der Waals surface area contributed by atoms with Gasteiger partial charge in [0.1, 0.15) is 5.75 Å². The fourth-order valence-corrected chi connectivity index (χ4v) is 3.85. The summed E-state index contributed by atoms with van der Waals surface area (Å²) in [6.07, 6.45) is 1.70. The summed E-state index contributed by atoms with van der Waals surface area (Å²) >= 11 is 0. The van der Waals surface area contributed by atoms with Crippen LogP contribution in [0.5, 0.6) is 5.75 Å². The number of hydrogen-bond donors (Lipinski definition) is 1. The van der Waals surface area contributed by atoms with Gasteiger partial charge in [-0.3, -0.25) is 9.59 Å². The minimum atomic E-state index is -0.197. The summed E-state index contributed by atoms with van der Waals surface area (Å²) in [6.45, 7) is 5.11. The van der Waals surface area contributed by atoms with E-state index >= 15 is 0 Å². The van der Waals surface area contributed by atoms with Crippen molar-refractivity contribution in [1.29, 1.82) is 0 Å². The van der Waals surface area contributed by atoms with E-state index in [0.717, 1.165) is 29.7 Å². The Morgan fingerprint density at radius 3 is 2.52 bits per heavy atom. The molecule has 0 unspecified atom stereocenters. The quantitative estimate of drug-likeness (QED) is 0.621. The lowest BCUT2D eigenvalue weighted by Gasteiger charge is -2.30. The summed E-state index contributed by atoms with van der Waals surface area (Å²) in [7, 11) is 0. The molecule has 0 radical (unpaired) electrons. The summed E-state index contributed by atoms with van der Waals surface area (Å²) in [6, 6.07) is 20.6. The number of nitrogens with zero attached hydrogens (tertiary/aromatic N) is 1. The first-order valence-electron chi connectivity index (χ1n) is 10.6. The Hall–Kier alpha value is -3.60. The van der Waals surface area contributed by atoms with Crippen LogP contribution in [0.1, 0.15) is 45.2 Å². The zero-order chi connectivity index (χ0) is 21.8. The van der Waals surface area contributed by atoms with Gasteiger partial charge in [-0.1, -0.05) is 29.8 Å². The van der Waals surface area contributed by atoms with Gasteiger partial charge in [-0.05, 0) is 74.7 Å². The molecular weight excluding hydrogens is 388 g/mol. The van der Waals surface area contributed by atoms with Gasteiger partial charge >= 0.3 is 0 Å². The maximum atomic E-state index is 13.1. The largest absolute Gasteiger partial charge is 0.492 e. The number of nitrogens with one attached hydrogen (secondary N) is 1. The van der Waals surface area contributed by atoms with Crippen LogP contribution in [0.2, 0.25) is 0 Å². The first-order chi connectivity index (χ1) is 15.1. The average Bonchev–Trinajstić information content (AvgIpc) is 2.80. The number of para-hydroxylation sites is 2. The third kappa shape index (κ3) is 4.45. The Morgan fingerprint density at radius 1 is 1.00 bits per heavy atom. The fourth-order valence-electron chi connectivity index (χ4n) is 3.85. The molecule has 5 heteroatoms. The van der Waals surface area contributed by atoms with Gasteiger partial charge in [-0.15, -0.1) is 0 Å². The number of hydrogen-bond acceptors (Lipinski definition) is 3. The van der Waals surface area contributed by atoms with Crippen LogP contribution < -0.4 is 15.0 Å². The third-order valence-corrected chi connectivity index (χ3v) is 5.44. The van der Waals surface area contributed by atoms with Gasteiger partial charge in [-0.2, -0.15) is 0 Å². The second-order valence-corrected chi connectivity index (χ2v) is 7.65. The van der Waals surface area contributed by atoms with E-state index in [-0.39, 0.29) is 11.8 Å². The molecule has 4 rings (SSSR count). The lowest BCUT2D eigenvalue weighted by Crippen LogP contribution is -2.35. The van der Waals surface area contributed by atoms with Crippen LogP contribution in [0.15, 0.2) is 66.7 Å². The SMILES string of the molecule is CCOc1ccccc1NC(=O)c1ccc2c(c1)CCCN2C(=O)c1ccc(C)cc1. The number of amides is 2. The molecule has 5 nitrogen and oxygen atoms in total. The van der Waals surface area contributed by atoms with Crippen molar-refractivity contribution in [1.82, 2.24) is 0 Å². The van der Waals surface area contributed by atoms with Crippen LogP contribution in [-0.4, -0.2) is 25.0 Å². The maximum Gasteiger partial charge on any atom is 0.258 e. The third-order valence-electron chi connectivity index (χ3n) is 5.44. The molecule has 0 saturated heterocycles. The van der Waals surface area contributed by atoms with Crippen molar-refractivity contribution < 1.29 is 14.3 Å². The average molecular weight is 415 g/mol. The van der Waals surface area contributed by atoms with Gasteiger partial charge < -0.3 is 15.0 Å². The van der Waals surface area contributed by atoms with Gasteiger partial charge in [0.15, 0.2) is 0 Å². The normalized spacial score (nSPS) is 12.8.